The predicted molar refractivity (Wildman–Crippen MR) is 343 cm³/mol. The predicted octanol–water partition coefficient (Wildman–Crippen LogP) is 11.0. The highest BCUT2D eigenvalue weighted by Gasteiger charge is 2.43. The van der Waals surface area contributed by atoms with Crippen molar-refractivity contribution in [1.82, 2.24) is 32.9 Å². The Bertz CT molecular complexity index is 4530. The standard InChI is InChI=1S/C73H51N7Si2/c1-8-26-52(27-9-1)53-48-70(79-66-42-24-22-40-64(66)77-68-50-60(44-46-62(68)74-72(77)79)81(54-28-10-2-11-29-54,55-30-12-3-13-31-55)56-32-14-4-15-33-56)76-71(49-53)80-67-43-25-23-41-65(67)78-69-51-61(45-47-63(69)75-73(78)80)82(57-34-16-5-17-35-57,58-36-18-6-19-37-58)59-38-20-7-21-39-59/h1-51H. The summed E-state index contributed by atoms with van der Waals surface area (Å²) in [7, 11) is -5.74. The number of benzene rings is 11. The van der Waals surface area contributed by atoms with Crippen LogP contribution in [0.4, 0.5) is 0 Å². The minimum Gasteiger partial charge on any atom is -0.276 e. The Kier molecular flexibility index (Phi) is 11.1. The van der Waals surface area contributed by atoms with Crippen molar-refractivity contribution >= 4 is 113 Å². The Morgan fingerprint density at radius 1 is 0.220 bits per heavy atom. The number of imidazole rings is 4. The largest absolute Gasteiger partial charge is 0.276 e. The number of fused-ring (bicyclic) bond motifs is 10. The van der Waals surface area contributed by atoms with Gasteiger partial charge in [0.1, 0.15) is 11.6 Å². The Morgan fingerprint density at radius 3 is 0.841 bits per heavy atom. The fraction of sp³-hybridized carbons (Fsp3) is 0. The highest BCUT2D eigenvalue weighted by atomic mass is 28.3. The van der Waals surface area contributed by atoms with Crippen LogP contribution in [-0.2, 0) is 0 Å². The van der Waals surface area contributed by atoms with E-state index in [1.807, 2.05) is 0 Å². The zero-order valence-corrected chi connectivity index (χ0v) is 46.6. The molecule has 11 aromatic carbocycles. The van der Waals surface area contributed by atoms with Crippen LogP contribution in [0.2, 0.25) is 0 Å². The van der Waals surface area contributed by atoms with Crippen molar-refractivity contribution in [2.45, 2.75) is 0 Å². The molecule has 386 valence electrons. The van der Waals surface area contributed by atoms with Gasteiger partial charge in [-0.2, -0.15) is 0 Å². The third-order valence-corrected chi connectivity index (χ3v) is 26.4. The van der Waals surface area contributed by atoms with E-state index in [9.17, 15) is 0 Å². The molecule has 16 rings (SSSR count). The molecule has 0 amide bonds. The van der Waals surface area contributed by atoms with E-state index in [4.69, 9.17) is 15.0 Å². The molecule has 9 heteroatoms. The van der Waals surface area contributed by atoms with Gasteiger partial charge >= 0.3 is 0 Å². The van der Waals surface area contributed by atoms with Crippen LogP contribution in [0.5, 0.6) is 0 Å². The molecule has 5 heterocycles. The smallest absolute Gasteiger partial charge is 0.221 e. The van der Waals surface area contributed by atoms with Crippen LogP contribution in [0, 0.1) is 0 Å². The minimum absolute atomic E-state index is 0.748. The molecule has 0 saturated carbocycles. The molecule has 0 atom stereocenters. The molecule has 0 fully saturated rings. The van der Waals surface area contributed by atoms with Gasteiger partial charge < -0.3 is 0 Å². The molecule has 0 saturated heterocycles. The van der Waals surface area contributed by atoms with Gasteiger partial charge in [0.05, 0.1) is 44.1 Å². The summed E-state index contributed by atoms with van der Waals surface area (Å²) in [6.45, 7) is 0. The first-order valence-electron chi connectivity index (χ1n) is 27.9. The topological polar surface area (TPSA) is 57.4 Å². The molecule has 82 heavy (non-hydrogen) atoms. The number of nitrogens with zero attached hydrogens (tertiary/aromatic N) is 7. The molecule has 7 nitrogen and oxygen atoms in total. The molecule has 0 spiro atoms. The summed E-state index contributed by atoms with van der Waals surface area (Å²) in [5.74, 6) is 3.07. The Balaban J connectivity index is 0.940. The Hall–Kier alpha value is -10.5. The van der Waals surface area contributed by atoms with Gasteiger partial charge in [-0.05, 0) is 113 Å². The van der Waals surface area contributed by atoms with Crippen molar-refractivity contribution in [2.24, 2.45) is 0 Å². The quantitative estimate of drug-likeness (QED) is 0.0958. The normalized spacial score (nSPS) is 12.1. The number of para-hydroxylation sites is 4. The highest BCUT2D eigenvalue weighted by molar-refractivity contribution is 7.20. The third-order valence-electron chi connectivity index (χ3n) is 16.9. The van der Waals surface area contributed by atoms with E-state index in [0.717, 1.165) is 78.5 Å². The number of hydrogen-bond acceptors (Lipinski definition) is 3. The zero-order chi connectivity index (χ0) is 54.2. The first-order chi connectivity index (χ1) is 40.7. The second-order valence-electron chi connectivity index (χ2n) is 21.2. The summed E-state index contributed by atoms with van der Waals surface area (Å²) in [6.07, 6.45) is 0. The van der Waals surface area contributed by atoms with E-state index in [1.54, 1.807) is 0 Å². The summed E-state index contributed by atoms with van der Waals surface area (Å²) in [5, 5.41) is 10.5. The van der Waals surface area contributed by atoms with Crippen LogP contribution in [-0.4, -0.2) is 49.0 Å². The average Bonchev–Trinajstić information content (AvgIpc) is 2.60. The van der Waals surface area contributed by atoms with Gasteiger partial charge in [0.15, 0.2) is 16.1 Å². The van der Waals surface area contributed by atoms with E-state index in [0.29, 0.717) is 0 Å². The molecule has 5 aromatic heterocycles. The molecule has 0 bridgehead atoms. The first-order valence-corrected chi connectivity index (χ1v) is 31.9. The zero-order valence-electron chi connectivity index (χ0n) is 44.6. The second kappa shape index (κ2) is 19.1. The van der Waals surface area contributed by atoms with Gasteiger partial charge in [-0.25, -0.2) is 15.0 Å². The van der Waals surface area contributed by atoms with Crippen molar-refractivity contribution in [3.05, 3.63) is 309 Å². The van der Waals surface area contributed by atoms with Crippen molar-refractivity contribution < 1.29 is 0 Å². The van der Waals surface area contributed by atoms with E-state index in [1.165, 1.54) is 41.5 Å². The van der Waals surface area contributed by atoms with Crippen molar-refractivity contribution in [3.63, 3.8) is 0 Å². The molecule has 0 unspecified atom stereocenters. The lowest BCUT2D eigenvalue weighted by Gasteiger charge is -2.34. The van der Waals surface area contributed by atoms with Crippen molar-refractivity contribution in [3.8, 4) is 22.8 Å². The fourth-order valence-electron chi connectivity index (χ4n) is 13.4. The molecule has 0 aliphatic carbocycles. The highest BCUT2D eigenvalue weighted by Crippen LogP contribution is 2.35. The van der Waals surface area contributed by atoms with Gasteiger partial charge in [0.25, 0.3) is 0 Å². The van der Waals surface area contributed by atoms with Crippen molar-refractivity contribution in [1.29, 1.82) is 0 Å². The SMILES string of the molecule is c1ccc(-c2cc(-n3c4ccccc4n4c5cc([Si](c6ccccc6)(c6ccccc6)c6ccccc6)ccc5nc34)nc(-n3c4ccccc4n4c5cc([Si](c6ccccc6)(c6ccccc6)c6ccccc6)ccc5nc34)c2)cc1. The summed E-state index contributed by atoms with van der Waals surface area (Å²) >= 11 is 0. The van der Waals surface area contributed by atoms with Crippen molar-refractivity contribution in [2.75, 3.05) is 0 Å². The van der Waals surface area contributed by atoms with Gasteiger partial charge in [0.2, 0.25) is 11.6 Å². The molecule has 16 aromatic rings. The van der Waals surface area contributed by atoms with Gasteiger partial charge in [-0.1, -0.05) is 249 Å². The molecule has 0 aliphatic heterocycles. The van der Waals surface area contributed by atoms with Crippen LogP contribution in [0.1, 0.15) is 0 Å². The van der Waals surface area contributed by atoms with E-state index >= 15 is 0 Å². The lowest BCUT2D eigenvalue weighted by molar-refractivity contribution is 0.983. The maximum absolute atomic E-state index is 5.77. The number of hydrogen-bond donors (Lipinski definition) is 0. The van der Waals surface area contributed by atoms with Gasteiger partial charge in [-0.3, -0.25) is 17.9 Å². The lowest BCUT2D eigenvalue weighted by Crippen LogP contribution is -2.74. The van der Waals surface area contributed by atoms with Crippen LogP contribution in [0.15, 0.2) is 309 Å². The maximum atomic E-state index is 5.77. The van der Waals surface area contributed by atoms with Gasteiger partial charge in [-0.15, -0.1) is 0 Å². The molecule has 0 aliphatic rings. The van der Waals surface area contributed by atoms with E-state index < -0.39 is 16.1 Å². The van der Waals surface area contributed by atoms with E-state index in [2.05, 4.69) is 327 Å². The Morgan fingerprint density at radius 2 is 0.512 bits per heavy atom. The summed E-state index contributed by atoms with van der Waals surface area (Å²) in [6, 6.07) is 113. The van der Waals surface area contributed by atoms with Crippen LogP contribution in [0.25, 0.3) is 78.5 Å². The minimum atomic E-state index is -2.87. The summed E-state index contributed by atoms with van der Waals surface area (Å²) < 4.78 is 9.19. The molecule has 0 N–H and O–H groups in total. The summed E-state index contributed by atoms with van der Waals surface area (Å²) in [5.41, 5.74) is 10.1. The van der Waals surface area contributed by atoms with Gasteiger partial charge in [0, 0.05) is 0 Å². The van der Waals surface area contributed by atoms with Crippen LogP contribution >= 0.6 is 0 Å². The number of aromatic nitrogens is 7. The van der Waals surface area contributed by atoms with Crippen LogP contribution < -0.4 is 41.5 Å². The molecular formula is C73H51N7Si2. The van der Waals surface area contributed by atoms with Crippen LogP contribution in [0.3, 0.4) is 0 Å². The fourth-order valence-corrected chi connectivity index (χ4v) is 22.9. The number of rotatable bonds is 11. The Labute approximate surface area is 475 Å². The average molecular weight is 1080 g/mol. The molecular weight excluding hydrogens is 1030 g/mol. The first kappa shape index (κ1) is 47.5. The third kappa shape index (κ3) is 7.17. The molecule has 0 radical (unpaired) electrons. The number of pyridine rings is 1. The lowest BCUT2D eigenvalue weighted by atomic mass is 10.1. The monoisotopic (exact) mass is 1080 g/mol. The second-order valence-corrected chi connectivity index (χ2v) is 28.8. The van der Waals surface area contributed by atoms with E-state index in [-0.39, 0.29) is 0 Å². The maximum Gasteiger partial charge on any atom is 0.221 e. The summed E-state index contributed by atoms with van der Waals surface area (Å²) in [4.78, 5) is 16.9.